The number of halogens is 3. The van der Waals surface area contributed by atoms with E-state index in [2.05, 4.69) is 30.3 Å². The highest BCUT2D eigenvalue weighted by Crippen LogP contribution is 2.32. The SMILES string of the molecule is COc1cc(Nc2cccc(Nc3cccc(OC(F)(F)F)c3)n2)ccc1-c1ncc(C)[nH]1. The number of methoxy groups -OCH3 is 1. The van der Waals surface area contributed by atoms with Crippen LogP contribution < -0.4 is 20.1 Å². The maximum absolute atomic E-state index is 12.5. The van der Waals surface area contributed by atoms with Crippen LogP contribution in [0.25, 0.3) is 11.4 Å². The monoisotopic (exact) mass is 455 g/mol. The summed E-state index contributed by atoms with van der Waals surface area (Å²) in [6.07, 6.45) is -3.01. The van der Waals surface area contributed by atoms with Crippen molar-refractivity contribution in [2.75, 3.05) is 17.7 Å². The number of anilines is 4. The maximum Gasteiger partial charge on any atom is 0.573 e. The zero-order chi connectivity index (χ0) is 23.4. The highest BCUT2D eigenvalue weighted by Gasteiger charge is 2.31. The van der Waals surface area contributed by atoms with Crippen molar-refractivity contribution in [3.05, 3.63) is 72.6 Å². The number of nitrogens with zero attached hydrogens (tertiary/aromatic N) is 2. The van der Waals surface area contributed by atoms with Gasteiger partial charge in [0, 0.05) is 35.4 Å². The number of rotatable bonds is 7. The first kappa shape index (κ1) is 22.0. The molecule has 0 fully saturated rings. The number of pyridine rings is 1. The van der Waals surface area contributed by atoms with E-state index in [0.29, 0.717) is 28.9 Å². The summed E-state index contributed by atoms with van der Waals surface area (Å²) in [7, 11) is 1.58. The Morgan fingerprint density at radius 3 is 2.24 bits per heavy atom. The Balaban J connectivity index is 1.50. The molecular formula is C23H20F3N5O2. The quantitative estimate of drug-likeness (QED) is 0.309. The zero-order valence-electron chi connectivity index (χ0n) is 17.7. The second-order valence-electron chi connectivity index (χ2n) is 7.06. The van der Waals surface area contributed by atoms with Gasteiger partial charge < -0.3 is 25.1 Å². The van der Waals surface area contributed by atoms with Gasteiger partial charge in [-0.1, -0.05) is 12.1 Å². The van der Waals surface area contributed by atoms with Crippen LogP contribution in [0.15, 0.2) is 66.9 Å². The first-order valence-corrected chi connectivity index (χ1v) is 9.86. The van der Waals surface area contributed by atoms with Crippen LogP contribution in [0.5, 0.6) is 11.5 Å². The number of nitrogens with one attached hydrogen (secondary N) is 3. The van der Waals surface area contributed by atoms with Crippen LogP contribution in [0, 0.1) is 6.92 Å². The van der Waals surface area contributed by atoms with Crippen molar-refractivity contribution in [3.63, 3.8) is 0 Å². The van der Waals surface area contributed by atoms with Crippen molar-refractivity contribution in [1.82, 2.24) is 15.0 Å². The first-order chi connectivity index (χ1) is 15.8. The number of aryl methyl sites for hydroxylation is 1. The van der Waals surface area contributed by atoms with Crippen molar-refractivity contribution in [3.8, 4) is 22.9 Å². The third-order valence-electron chi connectivity index (χ3n) is 4.52. The molecule has 3 N–H and O–H groups in total. The third-order valence-corrected chi connectivity index (χ3v) is 4.52. The summed E-state index contributed by atoms with van der Waals surface area (Å²) < 4.78 is 46.8. The van der Waals surface area contributed by atoms with E-state index < -0.39 is 6.36 Å². The molecule has 0 aliphatic heterocycles. The van der Waals surface area contributed by atoms with E-state index >= 15 is 0 Å². The van der Waals surface area contributed by atoms with Gasteiger partial charge in [0.05, 0.1) is 12.7 Å². The molecule has 33 heavy (non-hydrogen) atoms. The molecule has 0 aliphatic rings. The van der Waals surface area contributed by atoms with Crippen LogP contribution in [0.2, 0.25) is 0 Å². The highest BCUT2D eigenvalue weighted by molar-refractivity contribution is 5.71. The number of benzene rings is 2. The molecule has 2 heterocycles. The van der Waals surface area contributed by atoms with Crippen molar-refractivity contribution >= 4 is 23.0 Å². The van der Waals surface area contributed by atoms with Gasteiger partial charge in [-0.15, -0.1) is 13.2 Å². The Kier molecular flexibility index (Phi) is 6.07. The van der Waals surface area contributed by atoms with Crippen molar-refractivity contribution in [1.29, 1.82) is 0 Å². The molecule has 0 radical (unpaired) electrons. The molecule has 0 atom stereocenters. The molecule has 0 saturated carbocycles. The Bertz CT molecular complexity index is 1260. The van der Waals surface area contributed by atoms with Gasteiger partial charge in [0.2, 0.25) is 0 Å². The summed E-state index contributed by atoms with van der Waals surface area (Å²) in [6, 6.07) is 16.4. The van der Waals surface area contributed by atoms with Crippen LogP contribution in [0.1, 0.15) is 5.69 Å². The number of hydrogen-bond donors (Lipinski definition) is 3. The van der Waals surface area contributed by atoms with Gasteiger partial charge in [-0.05, 0) is 43.3 Å². The Morgan fingerprint density at radius 2 is 1.61 bits per heavy atom. The lowest BCUT2D eigenvalue weighted by molar-refractivity contribution is -0.274. The summed E-state index contributed by atoms with van der Waals surface area (Å²) in [5.41, 5.74) is 2.91. The lowest BCUT2D eigenvalue weighted by atomic mass is 10.1. The molecule has 170 valence electrons. The highest BCUT2D eigenvalue weighted by atomic mass is 19.4. The molecule has 0 unspecified atom stereocenters. The second kappa shape index (κ2) is 9.11. The van der Waals surface area contributed by atoms with Crippen LogP contribution in [0.3, 0.4) is 0 Å². The maximum atomic E-state index is 12.5. The van der Waals surface area contributed by atoms with E-state index in [-0.39, 0.29) is 5.75 Å². The second-order valence-corrected chi connectivity index (χ2v) is 7.06. The number of aromatic amines is 1. The topological polar surface area (TPSA) is 84.1 Å². The average Bonchev–Trinajstić information content (AvgIpc) is 3.19. The van der Waals surface area contributed by atoms with Gasteiger partial charge in [0.25, 0.3) is 0 Å². The number of alkyl halides is 3. The minimum Gasteiger partial charge on any atom is -0.496 e. The van der Waals surface area contributed by atoms with E-state index in [0.717, 1.165) is 16.9 Å². The molecule has 0 aliphatic carbocycles. The minimum absolute atomic E-state index is 0.319. The van der Waals surface area contributed by atoms with Crippen molar-refractivity contribution < 1.29 is 22.6 Å². The standard InChI is InChI=1S/C23H20F3N5O2/c1-14-13-27-22(28-14)18-10-9-16(12-19(18)32-2)30-21-8-4-7-20(31-21)29-15-5-3-6-17(11-15)33-23(24,25)26/h3-13H,1-2H3,(H,27,28)(H2,29,30,31). The molecule has 10 heteroatoms. The molecule has 7 nitrogen and oxygen atoms in total. The smallest absolute Gasteiger partial charge is 0.496 e. The fourth-order valence-electron chi connectivity index (χ4n) is 3.15. The lowest BCUT2D eigenvalue weighted by Gasteiger charge is -2.13. The van der Waals surface area contributed by atoms with Crippen LogP contribution in [-0.2, 0) is 0 Å². The summed E-state index contributed by atoms with van der Waals surface area (Å²) >= 11 is 0. The molecular weight excluding hydrogens is 435 g/mol. The van der Waals surface area contributed by atoms with Gasteiger partial charge in [0.1, 0.15) is 29.0 Å². The molecule has 0 saturated heterocycles. The normalized spacial score (nSPS) is 11.2. The van der Waals surface area contributed by atoms with Crippen molar-refractivity contribution in [2.24, 2.45) is 0 Å². The van der Waals surface area contributed by atoms with E-state index in [9.17, 15) is 13.2 Å². The van der Waals surface area contributed by atoms with Gasteiger partial charge >= 0.3 is 6.36 Å². The van der Waals surface area contributed by atoms with Crippen LogP contribution in [0.4, 0.5) is 36.2 Å². The Morgan fingerprint density at radius 1 is 0.909 bits per heavy atom. The zero-order valence-corrected chi connectivity index (χ0v) is 17.7. The predicted molar refractivity (Wildman–Crippen MR) is 119 cm³/mol. The first-order valence-electron chi connectivity index (χ1n) is 9.86. The molecule has 4 aromatic rings. The lowest BCUT2D eigenvalue weighted by Crippen LogP contribution is -2.17. The van der Waals surface area contributed by atoms with Crippen molar-refractivity contribution in [2.45, 2.75) is 13.3 Å². The van der Waals surface area contributed by atoms with Gasteiger partial charge in [-0.3, -0.25) is 0 Å². The van der Waals surface area contributed by atoms with Crippen LogP contribution in [-0.4, -0.2) is 28.4 Å². The summed E-state index contributed by atoms with van der Waals surface area (Å²) in [4.78, 5) is 12.0. The average molecular weight is 455 g/mol. The number of imidazole rings is 1. The Hall–Kier alpha value is -4.21. The van der Waals surface area contributed by atoms with Gasteiger partial charge in [-0.25, -0.2) is 9.97 Å². The predicted octanol–water partition coefficient (Wildman–Crippen LogP) is 6.17. The molecule has 0 bridgehead atoms. The minimum atomic E-state index is -4.76. The molecule has 4 rings (SSSR count). The molecule has 2 aromatic heterocycles. The third kappa shape index (κ3) is 5.73. The fourth-order valence-corrected chi connectivity index (χ4v) is 3.15. The van der Waals surface area contributed by atoms with E-state index in [1.807, 2.05) is 25.1 Å². The summed E-state index contributed by atoms with van der Waals surface area (Å²) in [5, 5.41) is 6.17. The van der Waals surface area contributed by atoms with Crippen LogP contribution >= 0.6 is 0 Å². The van der Waals surface area contributed by atoms with Gasteiger partial charge in [0.15, 0.2) is 0 Å². The molecule has 0 amide bonds. The van der Waals surface area contributed by atoms with E-state index in [4.69, 9.17) is 4.74 Å². The van der Waals surface area contributed by atoms with Gasteiger partial charge in [-0.2, -0.15) is 0 Å². The summed E-state index contributed by atoms with van der Waals surface area (Å²) in [5.74, 6) is 1.99. The number of ether oxygens (including phenoxy) is 2. The fraction of sp³-hybridized carbons (Fsp3) is 0.130. The Labute approximate surface area is 187 Å². The largest absolute Gasteiger partial charge is 0.573 e. The molecule has 0 spiro atoms. The van der Waals surface area contributed by atoms with E-state index in [1.54, 1.807) is 37.6 Å². The summed E-state index contributed by atoms with van der Waals surface area (Å²) in [6.45, 7) is 1.92. The molecule has 2 aromatic carbocycles. The number of aromatic nitrogens is 3. The number of H-pyrrole nitrogens is 1. The number of hydrogen-bond acceptors (Lipinski definition) is 6. The van der Waals surface area contributed by atoms with E-state index in [1.165, 1.54) is 18.2 Å².